The Morgan fingerprint density at radius 3 is 2.56 bits per heavy atom. The summed E-state index contributed by atoms with van der Waals surface area (Å²) in [6.07, 6.45) is 4.34. The second kappa shape index (κ2) is 7.74. The van der Waals surface area contributed by atoms with Crippen molar-refractivity contribution in [2.24, 2.45) is 17.8 Å². The Hall–Kier alpha value is -0.610. The first-order valence-corrected chi connectivity index (χ1v) is 7.01. The minimum atomic E-state index is -0.670. The van der Waals surface area contributed by atoms with Crippen LogP contribution in [0.5, 0.6) is 0 Å². The fraction of sp³-hybridized carbons (Fsp3) is 0.929. The van der Waals surface area contributed by atoms with Crippen LogP contribution in [0.3, 0.4) is 0 Å². The smallest absolute Gasteiger partial charge is 0.312 e. The third kappa shape index (κ3) is 4.58. The Morgan fingerprint density at radius 1 is 1.28 bits per heavy atom. The molecule has 1 fully saturated rings. The van der Waals surface area contributed by atoms with Crippen LogP contribution < -0.4 is 0 Å². The molecule has 0 aromatic heterocycles. The predicted molar refractivity (Wildman–Crippen MR) is 69.0 cm³/mol. The van der Waals surface area contributed by atoms with Crippen molar-refractivity contribution in [2.45, 2.75) is 52.1 Å². The number of unbranched alkanes of at least 4 members (excludes halogenated alkanes) is 2. The summed E-state index contributed by atoms with van der Waals surface area (Å²) in [5, 5.41) is 19.1. The van der Waals surface area contributed by atoms with Gasteiger partial charge in [0.1, 0.15) is 0 Å². The lowest BCUT2D eigenvalue weighted by Crippen LogP contribution is -2.31. The van der Waals surface area contributed by atoms with Gasteiger partial charge >= 0.3 is 5.97 Å². The summed E-state index contributed by atoms with van der Waals surface area (Å²) in [5.41, 5.74) is 0. The molecule has 0 spiro atoms. The van der Waals surface area contributed by atoms with Gasteiger partial charge in [-0.3, -0.25) is 4.79 Å². The summed E-state index contributed by atoms with van der Waals surface area (Å²) >= 11 is 0. The van der Waals surface area contributed by atoms with Crippen molar-refractivity contribution in [3.63, 3.8) is 0 Å². The molecule has 0 aromatic rings. The zero-order chi connectivity index (χ0) is 13.5. The normalized spacial score (nSPS) is 25.5. The Bertz CT molecular complexity index is 252. The van der Waals surface area contributed by atoms with E-state index < -0.39 is 12.0 Å². The van der Waals surface area contributed by atoms with Gasteiger partial charge in [0.05, 0.1) is 25.2 Å². The van der Waals surface area contributed by atoms with Gasteiger partial charge in [-0.1, -0.05) is 39.5 Å². The molecule has 1 aliphatic rings. The Balaban J connectivity index is 2.23. The summed E-state index contributed by atoms with van der Waals surface area (Å²) in [6.45, 7) is 4.55. The van der Waals surface area contributed by atoms with E-state index in [1.807, 2.05) is 0 Å². The second-order valence-corrected chi connectivity index (χ2v) is 5.70. The molecule has 0 amide bonds. The van der Waals surface area contributed by atoms with Crippen LogP contribution in [-0.4, -0.2) is 35.5 Å². The van der Waals surface area contributed by atoms with Crippen molar-refractivity contribution in [1.29, 1.82) is 0 Å². The second-order valence-electron chi connectivity index (χ2n) is 5.70. The fourth-order valence-electron chi connectivity index (χ4n) is 2.48. The number of rotatable bonds is 8. The molecule has 4 heteroatoms. The van der Waals surface area contributed by atoms with E-state index in [2.05, 4.69) is 13.8 Å². The van der Waals surface area contributed by atoms with Gasteiger partial charge in [0.25, 0.3) is 0 Å². The lowest BCUT2D eigenvalue weighted by atomic mass is 9.88. The first kappa shape index (κ1) is 15.4. The summed E-state index contributed by atoms with van der Waals surface area (Å²) in [7, 11) is 0. The number of hydrogen-bond donors (Lipinski definition) is 2. The molecular weight excluding hydrogens is 232 g/mol. The molecule has 18 heavy (non-hydrogen) atoms. The number of aliphatic hydroxyl groups is 2. The summed E-state index contributed by atoms with van der Waals surface area (Å²) in [5.74, 6) is -0.398. The van der Waals surface area contributed by atoms with Gasteiger partial charge in [0, 0.05) is 5.92 Å². The summed E-state index contributed by atoms with van der Waals surface area (Å²) in [6, 6.07) is 0. The van der Waals surface area contributed by atoms with E-state index in [0.717, 1.165) is 18.8 Å². The molecule has 3 unspecified atom stereocenters. The van der Waals surface area contributed by atoms with Gasteiger partial charge in [-0.05, 0) is 12.3 Å². The van der Waals surface area contributed by atoms with Gasteiger partial charge in [-0.25, -0.2) is 0 Å². The van der Waals surface area contributed by atoms with Gasteiger partial charge in [0.15, 0.2) is 0 Å². The third-order valence-electron chi connectivity index (χ3n) is 3.65. The summed E-state index contributed by atoms with van der Waals surface area (Å²) in [4.78, 5) is 11.5. The molecule has 3 atom stereocenters. The SMILES string of the molecule is CC(C)CCCCCC(O)C1C(=O)OCC1CO. The van der Waals surface area contributed by atoms with Crippen molar-refractivity contribution >= 4 is 5.97 Å². The lowest BCUT2D eigenvalue weighted by Gasteiger charge is -2.19. The standard InChI is InChI=1S/C14H26O4/c1-10(2)6-4-3-5-7-12(16)13-11(8-15)9-18-14(13)17/h10-13,15-16H,3-9H2,1-2H3. The van der Waals surface area contributed by atoms with Gasteiger partial charge in [-0.15, -0.1) is 0 Å². The number of carbonyl (C=O) groups is 1. The highest BCUT2D eigenvalue weighted by molar-refractivity contribution is 5.75. The first-order valence-electron chi connectivity index (χ1n) is 7.01. The first-order chi connectivity index (χ1) is 8.56. The number of esters is 1. The van der Waals surface area contributed by atoms with Gasteiger partial charge < -0.3 is 14.9 Å². The van der Waals surface area contributed by atoms with Crippen molar-refractivity contribution in [2.75, 3.05) is 13.2 Å². The highest BCUT2D eigenvalue weighted by atomic mass is 16.5. The fourth-order valence-corrected chi connectivity index (χ4v) is 2.48. The van der Waals surface area contributed by atoms with E-state index in [1.54, 1.807) is 0 Å². The lowest BCUT2D eigenvalue weighted by molar-refractivity contribution is -0.144. The van der Waals surface area contributed by atoms with E-state index in [-0.39, 0.29) is 25.1 Å². The van der Waals surface area contributed by atoms with Crippen molar-refractivity contribution in [3.05, 3.63) is 0 Å². The highest BCUT2D eigenvalue weighted by Gasteiger charge is 2.40. The number of cyclic esters (lactones) is 1. The maximum Gasteiger partial charge on any atom is 0.312 e. The Morgan fingerprint density at radius 2 is 1.94 bits per heavy atom. The Labute approximate surface area is 109 Å². The minimum Gasteiger partial charge on any atom is -0.465 e. The van der Waals surface area contributed by atoms with Crippen LogP contribution in [0.15, 0.2) is 0 Å². The van der Waals surface area contributed by atoms with Crippen LogP contribution in [-0.2, 0) is 9.53 Å². The molecular formula is C14H26O4. The minimum absolute atomic E-state index is 0.0964. The number of aliphatic hydroxyl groups excluding tert-OH is 2. The molecule has 4 nitrogen and oxygen atoms in total. The van der Waals surface area contributed by atoms with E-state index in [0.29, 0.717) is 6.42 Å². The van der Waals surface area contributed by atoms with Crippen LogP contribution in [0.2, 0.25) is 0 Å². The molecule has 106 valence electrons. The summed E-state index contributed by atoms with van der Waals surface area (Å²) < 4.78 is 4.89. The quantitative estimate of drug-likeness (QED) is 0.514. The zero-order valence-corrected chi connectivity index (χ0v) is 11.5. The maximum atomic E-state index is 11.5. The van der Waals surface area contributed by atoms with E-state index in [1.165, 1.54) is 12.8 Å². The number of hydrogen-bond acceptors (Lipinski definition) is 4. The zero-order valence-electron chi connectivity index (χ0n) is 11.5. The number of carbonyl (C=O) groups excluding carboxylic acids is 1. The third-order valence-corrected chi connectivity index (χ3v) is 3.65. The van der Waals surface area contributed by atoms with E-state index >= 15 is 0 Å². The molecule has 1 saturated heterocycles. The molecule has 2 N–H and O–H groups in total. The molecule has 1 aliphatic heterocycles. The Kier molecular flexibility index (Phi) is 6.65. The molecule has 0 bridgehead atoms. The van der Waals surface area contributed by atoms with Crippen molar-refractivity contribution in [3.8, 4) is 0 Å². The predicted octanol–water partition coefficient (Wildman–Crippen LogP) is 1.74. The van der Waals surface area contributed by atoms with Gasteiger partial charge in [0.2, 0.25) is 0 Å². The van der Waals surface area contributed by atoms with Crippen molar-refractivity contribution in [1.82, 2.24) is 0 Å². The van der Waals surface area contributed by atoms with Crippen molar-refractivity contribution < 1.29 is 19.7 Å². The topological polar surface area (TPSA) is 66.8 Å². The monoisotopic (exact) mass is 258 g/mol. The van der Waals surface area contributed by atoms with Gasteiger partial charge in [-0.2, -0.15) is 0 Å². The number of ether oxygens (including phenoxy) is 1. The van der Waals surface area contributed by atoms with Crippen LogP contribution >= 0.6 is 0 Å². The van der Waals surface area contributed by atoms with E-state index in [4.69, 9.17) is 9.84 Å². The molecule has 1 rings (SSSR count). The average molecular weight is 258 g/mol. The molecule has 0 aliphatic carbocycles. The molecule has 0 saturated carbocycles. The van der Waals surface area contributed by atoms with Crippen LogP contribution in [0.1, 0.15) is 46.0 Å². The average Bonchev–Trinajstić information content (AvgIpc) is 2.69. The molecule has 1 heterocycles. The van der Waals surface area contributed by atoms with Crippen LogP contribution in [0.25, 0.3) is 0 Å². The largest absolute Gasteiger partial charge is 0.465 e. The van der Waals surface area contributed by atoms with Crippen LogP contribution in [0.4, 0.5) is 0 Å². The molecule has 0 aromatic carbocycles. The van der Waals surface area contributed by atoms with Crippen LogP contribution in [0, 0.1) is 17.8 Å². The maximum absolute atomic E-state index is 11.5. The van der Waals surface area contributed by atoms with E-state index in [9.17, 15) is 9.90 Å². The highest BCUT2D eigenvalue weighted by Crippen LogP contribution is 2.27. The molecule has 0 radical (unpaired) electrons.